The number of carbonyl (C=O) groups is 3. The van der Waals surface area contributed by atoms with Crippen LogP contribution in [0, 0.1) is 13.8 Å². The van der Waals surface area contributed by atoms with Gasteiger partial charge in [-0.2, -0.15) is 10.2 Å². The van der Waals surface area contributed by atoms with Crippen LogP contribution in [0.2, 0.25) is 0 Å². The summed E-state index contributed by atoms with van der Waals surface area (Å²) in [6.07, 6.45) is -7.02. The van der Waals surface area contributed by atoms with Gasteiger partial charge in [-0.3, -0.25) is 28.8 Å². The normalized spacial score (nSPS) is 19.5. The SMILES string of the molecule is Cc1cc(C)c(C(C)(C)CC(=O)OCn2nc([C@@H]3C[C@H](F)[C@H](OC(=O)NC4(C)CC4)C3)cc2NC(=O)c2cc(COC(F)(F)F)nn2C)c(OP(=O)(O)O)c1. The van der Waals surface area contributed by atoms with Crippen molar-refractivity contribution >= 4 is 31.6 Å². The van der Waals surface area contributed by atoms with Crippen molar-refractivity contribution in [3.63, 3.8) is 0 Å². The number of carbonyl (C=O) groups excluding carboxylic acids is 3. The lowest BCUT2D eigenvalue weighted by Gasteiger charge is -2.29. The molecule has 0 aliphatic heterocycles. The molecule has 2 aliphatic rings. The van der Waals surface area contributed by atoms with Gasteiger partial charge >= 0.3 is 26.2 Å². The molecule has 302 valence electrons. The molecule has 2 aromatic heterocycles. The lowest BCUT2D eigenvalue weighted by molar-refractivity contribution is -0.330. The third-order valence-electron chi connectivity index (χ3n) is 9.37. The van der Waals surface area contributed by atoms with E-state index in [1.807, 2.05) is 6.92 Å². The molecule has 2 amide bonds. The molecule has 3 atom stereocenters. The van der Waals surface area contributed by atoms with Gasteiger partial charge in [-0.1, -0.05) is 19.9 Å². The van der Waals surface area contributed by atoms with Crippen molar-refractivity contribution in [1.82, 2.24) is 24.9 Å². The zero-order chi connectivity index (χ0) is 40.7. The minimum absolute atomic E-state index is 0.0211. The number of nitrogens with one attached hydrogen (secondary N) is 2. The number of alkyl halides is 4. The number of halogens is 4. The summed E-state index contributed by atoms with van der Waals surface area (Å²) in [5, 5.41) is 13.7. The maximum atomic E-state index is 15.2. The molecule has 0 unspecified atom stereocenters. The summed E-state index contributed by atoms with van der Waals surface area (Å²) < 4.78 is 86.6. The molecule has 2 saturated carbocycles. The highest BCUT2D eigenvalue weighted by atomic mass is 31.2. The third kappa shape index (κ3) is 11.0. The number of nitrogens with zero attached hydrogens (tertiary/aromatic N) is 4. The molecular formula is C34H43F4N6O10P. The second-order valence-electron chi connectivity index (χ2n) is 14.8. The van der Waals surface area contributed by atoms with Gasteiger partial charge in [-0.25, -0.2) is 18.4 Å². The fraction of sp³-hybridized carbons (Fsp3) is 0.559. The molecule has 5 rings (SSSR count). The number of ether oxygens (including phenoxy) is 3. The molecule has 0 bridgehead atoms. The second kappa shape index (κ2) is 15.5. The first-order valence-electron chi connectivity index (χ1n) is 17.2. The quantitative estimate of drug-likeness (QED) is 0.0877. The third-order valence-corrected chi connectivity index (χ3v) is 9.80. The van der Waals surface area contributed by atoms with E-state index in [9.17, 15) is 41.9 Å². The van der Waals surface area contributed by atoms with E-state index in [4.69, 9.17) is 14.0 Å². The summed E-state index contributed by atoms with van der Waals surface area (Å²) in [7, 11) is -3.62. The fourth-order valence-electron chi connectivity index (χ4n) is 6.65. The number of rotatable bonds is 14. The lowest BCUT2D eigenvalue weighted by atomic mass is 9.78. The number of hydrogen-bond donors (Lipinski definition) is 4. The summed E-state index contributed by atoms with van der Waals surface area (Å²) in [6.45, 7) is 7.08. The average molecular weight is 803 g/mol. The summed E-state index contributed by atoms with van der Waals surface area (Å²) in [5.41, 5.74) is 0.128. The number of anilines is 1. The number of aryl methyl sites for hydroxylation is 3. The fourth-order valence-corrected chi connectivity index (χ4v) is 7.05. The Morgan fingerprint density at radius 2 is 1.76 bits per heavy atom. The molecule has 2 aliphatic carbocycles. The van der Waals surface area contributed by atoms with Crippen molar-refractivity contribution in [2.45, 2.75) is 116 Å². The highest BCUT2D eigenvalue weighted by Crippen LogP contribution is 2.45. The maximum Gasteiger partial charge on any atom is 0.524 e. The number of amides is 2. The van der Waals surface area contributed by atoms with Gasteiger partial charge in [0.1, 0.15) is 36.1 Å². The Balaban J connectivity index is 1.35. The molecular weight excluding hydrogens is 759 g/mol. The predicted molar refractivity (Wildman–Crippen MR) is 184 cm³/mol. The van der Waals surface area contributed by atoms with Gasteiger partial charge in [0.2, 0.25) is 0 Å². The van der Waals surface area contributed by atoms with E-state index in [-0.39, 0.29) is 53.5 Å². The van der Waals surface area contributed by atoms with Gasteiger partial charge in [0.05, 0.1) is 17.8 Å². The van der Waals surface area contributed by atoms with Gasteiger partial charge in [0, 0.05) is 35.5 Å². The number of phosphoric ester groups is 1. The molecule has 1 aromatic carbocycles. The van der Waals surface area contributed by atoms with E-state index in [2.05, 4.69) is 25.6 Å². The van der Waals surface area contributed by atoms with E-state index >= 15 is 4.39 Å². The van der Waals surface area contributed by atoms with Crippen LogP contribution in [0.5, 0.6) is 5.75 Å². The van der Waals surface area contributed by atoms with Crippen molar-refractivity contribution in [3.8, 4) is 5.75 Å². The zero-order valence-corrected chi connectivity index (χ0v) is 31.8. The Bertz CT molecular complexity index is 1990. The van der Waals surface area contributed by atoms with Gasteiger partial charge in [-0.05, 0) is 69.7 Å². The van der Waals surface area contributed by atoms with Crippen molar-refractivity contribution < 1.29 is 65.0 Å². The number of esters is 1. The van der Waals surface area contributed by atoms with Crippen LogP contribution in [0.15, 0.2) is 24.3 Å². The zero-order valence-electron chi connectivity index (χ0n) is 30.9. The number of phosphoric acid groups is 1. The lowest BCUT2D eigenvalue weighted by Crippen LogP contribution is -2.38. The monoisotopic (exact) mass is 802 g/mol. The van der Waals surface area contributed by atoms with Crippen LogP contribution in [0.1, 0.15) is 97.4 Å². The molecule has 3 aromatic rings. The number of alkyl carbamates (subject to hydrolysis) is 1. The molecule has 0 radical (unpaired) electrons. The minimum Gasteiger partial charge on any atom is -0.443 e. The molecule has 16 nitrogen and oxygen atoms in total. The van der Waals surface area contributed by atoms with Crippen LogP contribution in [0.3, 0.4) is 0 Å². The van der Waals surface area contributed by atoms with Crippen LogP contribution < -0.4 is 15.2 Å². The smallest absolute Gasteiger partial charge is 0.443 e. The van der Waals surface area contributed by atoms with Crippen LogP contribution >= 0.6 is 7.82 Å². The molecule has 0 spiro atoms. The first-order chi connectivity index (χ1) is 25.4. The number of benzene rings is 1. The number of hydrogen-bond acceptors (Lipinski definition) is 10. The minimum atomic E-state index is -4.96. The van der Waals surface area contributed by atoms with Gasteiger partial charge in [0.15, 0.2) is 6.73 Å². The van der Waals surface area contributed by atoms with Crippen molar-refractivity contribution in [2.24, 2.45) is 7.05 Å². The molecule has 2 heterocycles. The van der Waals surface area contributed by atoms with Crippen molar-refractivity contribution in [2.75, 3.05) is 5.32 Å². The summed E-state index contributed by atoms with van der Waals surface area (Å²) in [4.78, 5) is 58.1. The predicted octanol–water partition coefficient (Wildman–Crippen LogP) is 5.73. The molecule has 4 N–H and O–H groups in total. The van der Waals surface area contributed by atoms with E-state index in [0.29, 0.717) is 16.7 Å². The van der Waals surface area contributed by atoms with Crippen LogP contribution in [-0.4, -0.2) is 71.5 Å². The Hall–Kier alpha value is -4.52. The van der Waals surface area contributed by atoms with Gasteiger partial charge < -0.3 is 24.6 Å². The Morgan fingerprint density at radius 1 is 1.07 bits per heavy atom. The molecule has 2 fully saturated rings. The maximum absolute atomic E-state index is 15.2. The van der Waals surface area contributed by atoms with Crippen molar-refractivity contribution in [3.05, 3.63) is 58.0 Å². The van der Waals surface area contributed by atoms with E-state index in [1.54, 1.807) is 33.8 Å². The van der Waals surface area contributed by atoms with Crippen LogP contribution in [-0.2, 0) is 49.4 Å². The first-order valence-corrected chi connectivity index (χ1v) is 18.7. The Labute approximate surface area is 313 Å². The number of aromatic nitrogens is 4. The van der Waals surface area contributed by atoms with Crippen LogP contribution in [0.25, 0.3) is 0 Å². The van der Waals surface area contributed by atoms with Crippen LogP contribution in [0.4, 0.5) is 28.2 Å². The highest BCUT2D eigenvalue weighted by molar-refractivity contribution is 7.46. The van der Waals surface area contributed by atoms with E-state index < -0.39 is 69.1 Å². The second-order valence-corrected chi connectivity index (χ2v) is 16.0. The van der Waals surface area contributed by atoms with Gasteiger partial charge in [-0.15, -0.1) is 13.2 Å². The van der Waals surface area contributed by atoms with E-state index in [0.717, 1.165) is 28.3 Å². The summed E-state index contributed by atoms with van der Waals surface area (Å²) in [5.74, 6) is -2.29. The summed E-state index contributed by atoms with van der Waals surface area (Å²) >= 11 is 0. The van der Waals surface area contributed by atoms with E-state index in [1.165, 1.54) is 19.2 Å². The van der Waals surface area contributed by atoms with Crippen molar-refractivity contribution in [1.29, 1.82) is 0 Å². The Morgan fingerprint density at radius 3 is 2.40 bits per heavy atom. The molecule has 55 heavy (non-hydrogen) atoms. The molecule has 0 saturated heterocycles. The standard InChI is InChI=1S/C34H43F4N6O10P/c1-18-9-19(2)29(26(10-18)54-55(48,49)50)32(3,4)15-28(45)51-17-44-27(39-30(46)24-13-21(41-43(24)6)16-52-34(36,37)38)14-23(42-44)20-11-22(35)25(12-20)53-31(47)40-33(5)7-8-33/h9-10,13-14,20,22,25H,7-8,11-12,15-17H2,1-6H3,(H,39,46)(H,40,47)(H2,48,49,50)/t20-,22+,25-/m1/s1. The molecule has 21 heteroatoms. The largest absolute Gasteiger partial charge is 0.524 e. The first kappa shape index (κ1) is 41.6. The topological polar surface area (TPSA) is 205 Å². The summed E-state index contributed by atoms with van der Waals surface area (Å²) in [6, 6.07) is 5.74. The highest BCUT2D eigenvalue weighted by Gasteiger charge is 2.43. The average Bonchev–Trinajstić information content (AvgIpc) is 3.30. The van der Waals surface area contributed by atoms with Gasteiger partial charge in [0.25, 0.3) is 5.91 Å². The Kier molecular flexibility index (Phi) is 11.8.